The maximum atomic E-state index is 12.9. The number of hydrogen-bond acceptors (Lipinski definition) is 5. The van der Waals surface area contributed by atoms with Crippen molar-refractivity contribution in [3.8, 4) is 5.75 Å². The van der Waals surface area contributed by atoms with Crippen LogP contribution in [0.2, 0.25) is 0 Å². The topological polar surface area (TPSA) is 76.2 Å². The molecule has 3 heterocycles. The van der Waals surface area contributed by atoms with Crippen LogP contribution in [0.25, 0.3) is 0 Å². The van der Waals surface area contributed by atoms with E-state index >= 15 is 0 Å². The average molecular weight is 366 g/mol. The number of benzene rings is 1. The lowest BCUT2D eigenvalue weighted by atomic mass is 9.99. The van der Waals surface area contributed by atoms with E-state index in [1.165, 1.54) is 4.31 Å². The van der Waals surface area contributed by atoms with Crippen molar-refractivity contribution in [2.75, 3.05) is 33.3 Å². The van der Waals surface area contributed by atoms with Gasteiger partial charge in [-0.05, 0) is 24.6 Å². The molecule has 3 aliphatic heterocycles. The fraction of sp³-hybridized carbons (Fsp3) is 0.588. The van der Waals surface area contributed by atoms with Gasteiger partial charge < -0.3 is 14.4 Å². The van der Waals surface area contributed by atoms with Crippen LogP contribution in [0, 0.1) is 0 Å². The highest BCUT2D eigenvalue weighted by atomic mass is 32.2. The van der Waals surface area contributed by atoms with E-state index in [-0.39, 0.29) is 12.0 Å². The van der Waals surface area contributed by atoms with Gasteiger partial charge in [-0.15, -0.1) is 0 Å². The molecule has 2 bridgehead atoms. The second kappa shape index (κ2) is 5.69. The molecule has 1 aromatic rings. The van der Waals surface area contributed by atoms with Crippen molar-refractivity contribution < 1.29 is 22.7 Å². The maximum Gasteiger partial charge on any atom is 0.254 e. The van der Waals surface area contributed by atoms with Crippen molar-refractivity contribution in [2.45, 2.75) is 30.3 Å². The van der Waals surface area contributed by atoms with Crippen LogP contribution in [0.15, 0.2) is 24.3 Å². The number of likely N-dealkylation sites (N-methyl/N-ethyl adjacent to an activating group) is 1. The molecule has 0 N–H and O–H groups in total. The van der Waals surface area contributed by atoms with E-state index in [9.17, 15) is 13.2 Å². The van der Waals surface area contributed by atoms with E-state index in [4.69, 9.17) is 9.47 Å². The van der Waals surface area contributed by atoms with Gasteiger partial charge in [0, 0.05) is 25.2 Å². The van der Waals surface area contributed by atoms with E-state index in [1.54, 1.807) is 36.3 Å². The van der Waals surface area contributed by atoms with Crippen molar-refractivity contribution >= 4 is 15.9 Å². The van der Waals surface area contributed by atoms with Crippen molar-refractivity contribution in [1.29, 1.82) is 0 Å². The number of methoxy groups -OCH3 is 1. The highest BCUT2D eigenvalue weighted by Gasteiger charge is 2.65. The summed E-state index contributed by atoms with van der Waals surface area (Å²) in [6, 6.07) is 7.03. The van der Waals surface area contributed by atoms with Crippen LogP contribution in [0.3, 0.4) is 0 Å². The number of carbonyl (C=O) groups excluding carboxylic acids is 1. The van der Waals surface area contributed by atoms with Gasteiger partial charge in [0.05, 0.1) is 19.8 Å². The lowest BCUT2D eigenvalue weighted by molar-refractivity contribution is -0.0974. The summed E-state index contributed by atoms with van der Waals surface area (Å²) in [4.78, 5) is 14.7. The number of carbonyl (C=O) groups is 1. The molecule has 25 heavy (non-hydrogen) atoms. The fourth-order valence-corrected chi connectivity index (χ4v) is 6.65. The normalized spacial score (nSPS) is 33.3. The van der Waals surface area contributed by atoms with Gasteiger partial charge in [0.2, 0.25) is 10.0 Å². The third-order valence-corrected chi connectivity index (χ3v) is 7.92. The number of likely N-dealkylation sites (tertiary alicyclic amines) is 1. The van der Waals surface area contributed by atoms with Crippen LogP contribution in [0.5, 0.6) is 5.75 Å². The quantitative estimate of drug-likeness (QED) is 0.788. The smallest absolute Gasteiger partial charge is 0.254 e. The van der Waals surface area contributed by atoms with E-state index in [0.29, 0.717) is 43.9 Å². The Labute approximate surface area is 147 Å². The Morgan fingerprint density at radius 2 is 2.20 bits per heavy atom. The zero-order valence-electron chi connectivity index (χ0n) is 14.3. The molecule has 1 aromatic carbocycles. The first-order valence-corrected chi connectivity index (χ1v) is 10.00. The van der Waals surface area contributed by atoms with Gasteiger partial charge in [-0.2, -0.15) is 4.31 Å². The number of hydrogen-bond donors (Lipinski definition) is 0. The number of nitrogens with zero attached hydrogens (tertiary/aromatic N) is 2. The van der Waals surface area contributed by atoms with Gasteiger partial charge in [-0.25, -0.2) is 8.42 Å². The van der Waals surface area contributed by atoms with E-state index < -0.39 is 20.9 Å². The minimum Gasteiger partial charge on any atom is -0.497 e. The van der Waals surface area contributed by atoms with Gasteiger partial charge in [-0.3, -0.25) is 4.79 Å². The van der Waals surface area contributed by atoms with Crippen LogP contribution in [0.4, 0.5) is 0 Å². The van der Waals surface area contributed by atoms with Crippen molar-refractivity contribution in [3.63, 3.8) is 0 Å². The molecule has 0 radical (unpaired) electrons. The molecule has 3 saturated heterocycles. The molecule has 0 unspecified atom stereocenters. The summed E-state index contributed by atoms with van der Waals surface area (Å²) in [6.07, 6.45) is 0.239. The zero-order chi connectivity index (χ0) is 17.8. The van der Waals surface area contributed by atoms with Crippen LogP contribution in [0.1, 0.15) is 23.7 Å². The van der Waals surface area contributed by atoms with Crippen LogP contribution >= 0.6 is 0 Å². The Kier molecular flexibility index (Phi) is 3.82. The predicted molar refractivity (Wildman–Crippen MR) is 91.1 cm³/mol. The minimum atomic E-state index is -3.35. The number of sulfonamides is 1. The van der Waals surface area contributed by atoms with Gasteiger partial charge in [0.1, 0.15) is 16.6 Å². The first kappa shape index (κ1) is 16.8. The second-order valence-electron chi connectivity index (χ2n) is 6.92. The molecule has 136 valence electrons. The highest BCUT2D eigenvalue weighted by Crippen LogP contribution is 2.46. The predicted octanol–water partition coefficient (Wildman–Crippen LogP) is 0.713. The average Bonchev–Trinajstić information content (AvgIpc) is 2.99. The standard InChI is InChI=1S/C17H22N2O5S/c1-3-19-11-17-10-18(9-14(24-17)8-15(17)25(19,21)22)16(20)12-5-4-6-13(7-12)23-2/h4-7,14-15H,3,8-11H2,1-2H3/t14-,15+,17+/m1/s1. The Balaban J connectivity index is 1.62. The Bertz CT molecular complexity index is 811. The molecule has 3 atom stereocenters. The van der Waals surface area contributed by atoms with E-state index in [2.05, 4.69) is 0 Å². The van der Waals surface area contributed by atoms with Crippen LogP contribution in [-0.2, 0) is 14.8 Å². The Hall–Kier alpha value is -1.64. The van der Waals surface area contributed by atoms with Crippen molar-refractivity contribution in [3.05, 3.63) is 29.8 Å². The fourth-order valence-electron chi connectivity index (χ4n) is 4.33. The number of amides is 1. The molecule has 0 saturated carbocycles. The molecule has 7 nitrogen and oxygen atoms in total. The molecule has 0 aromatic heterocycles. The molecule has 8 heteroatoms. The Morgan fingerprint density at radius 1 is 1.40 bits per heavy atom. The third kappa shape index (κ3) is 2.46. The number of ether oxygens (including phenoxy) is 2. The first-order chi connectivity index (χ1) is 11.9. The van der Waals surface area contributed by atoms with E-state index in [1.807, 2.05) is 6.92 Å². The number of rotatable bonds is 3. The summed E-state index contributed by atoms with van der Waals surface area (Å²) in [5.41, 5.74) is -0.256. The maximum absolute atomic E-state index is 12.9. The van der Waals surface area contributed by atoms with Crippen LogP contribution in [-0.4, -0.2) is 73.8 Å². The molecule has 1 amide bonds. The molecule has 4 rings (SSSR count). The summed E-state index contributed by atoms with van der Waals surface area (Å²) in [5, 5.41) is -0.548. The van der Waals surface area contributed by atoms with Gasteiger partial charge >= 0.3 is 0 Å². The van der Waals surface area contributed by atoms with Crippen LogP contribution < -0.4 is 4.74 Å². The molecule has 0 aliphatic carbocycles. The lowest BCUT2D eigenvalue weighted by Crippen LogP contribution is -2.56. The number of fused-ring (bicyclic) bond motifs is 1. The molecule has 1 spiro atoms. The van der Waals surface area contributed by atoms with Gasteiger partial charge in [0.15, 0.2) is 0 Å². The van der Waals surface area contributed by atoms with Gasteiger partial charge in [-0.1, -0.05) is 13.0 Å². The first-order valence-electron chi connectivity index (χ1n) is 8.50. The van der Waals surface area contributed by atoms with E-state index in [0.717, 1.165) is 0 Å². The summed E-state index contributed by atoms with van der Waals surface area (Å²) in [6.45, 7) is 3.32. The van der Waals surface area contributed by atoms with Crippen molar-refractivity contribution in [2.24, 2.45) is 0 Å². The number of morpholine rings is 1. The van der Waals surface area contributed by atoms with Gasteiger partial charge in [0.25, 0.3) is 5.91 Å². The molecule has 3 aliphatic rings. The SMILES string of the molecule is CCN1C[C@@]23CN(C(=O)c4cccc(OC)c4)C[C@@H](C[C@@H]2S1(=O)=O)O3. The summed E-state index contributed by atoms with van der Waals surface area (Å²) < 4.78 is 38.2. The monoisotopic (exact) mass is 366 g/mol. The zero-order valence-corrected chi connectivity index (χ0v) is 15.2. The lowest BCUT2D eigenvalue weighted by Gasteiger charge is -2.39. The summed E-state index contributed by atoms with van der Waals surface area (Å²) in [7, 11) is -1.79. The molecule has 3 fully saturated rings. The molecular weight excluding hydrogens is 344 g/mol. The summed E-state index contributed by atoms with van der Waals surface area (Å²) in [5.74, 6) is 0.512. The summed E-state index contributed by atoms with van der Waals surface area (Å²) >= 11 is 0. The Morgan fingerprint density at radius 3 is 2.92 bits per heavy atom. The molecular formula is C17H22N2O5S. The third-order valence-electron chi connectivity index (χ3n) is 5.47. The van der Waals surface area contributed by atoms with Crippen molar-refractivity contribution in [1.82, 2.24) is 9.21 Å². The second-order valence-corrected chi connectivity index (χ2v) is 9.03. The highest BCUT2D eigenvalue weighted by molar-refractivity contribution is 7.90. The largest absolute Gasteiger partial charge is 0.497 e. The minimum absolute atomic E-state index is 0.112.